The van der Waals surface area contributed by atoms with E-state index in [-0.39, 0.29) is 10.8 Å². The number of hydrogen-bond donors (Lipinski definition) is 0. The van der Waals surface area contributed by atoms with Crippen molar-refractivity contribution < 1.29 is 8.83 Å². The number of thiophene rings is 2. The second-order valence-electron chi connectivity index (χ2n) is 26.5. The molecule has 18 rings (SSSR count). The van der Waals surface area contributed by atoms with Crippen LogP contribution in [0.2, 0.25) is 0 Å². The summed E-state index contributed by atoms with van der Waals surface area (Å²) in [5.41, 5.74) is 21.9. The lowest BCUT2D eigenvalue weighted by Gasteiger charge is -2.40. The third kappa shape index (κ3) is 7.57. The molecule has 3 aliphatic carbocycles. The Morgan fingerprint density at radius 1 is 0.404 bits per heavy atom. The van der Waals surface area contributed by atoms with Crippen LogP contribution in [0.25, 0.3) is 102 Å². The van der Waals surface area contributed by atoms with Gasteiger partial charge < -0.3 is 18.6 Å². The van der Waals surface area contributed by atoms with Crippen LogP contribution in [-0.2, 0) is 16.2 Å². The number of nitrogens with zero attached hydrogens (tertiary/aromatic N) is 2. The molecule has 1 spiro atoms. The number of anilines is 6. The van der Waals surface area contributed by atoms with Crippen LogP contribution >= 0.6 is 22.7 Å². The molecule has 0 unspecified atom stereocenters. The summed E-state index contributed by atoms with van der Waals surface area (Å²) in [6, 6.07) is 81.9. The van der Waals surface area contributed by atoms with Gasteiger partial charge in [-0.2, -0.15) is 0 Å². The number of allylic oxidation sites excluding steroid dienone is 4. The first-order chi connectivity index (χ1) is 43.4. The predicted octanol–water partition coefficient (Wildman–Crippen LogP) is 24.7. The van der Waals surface area contributed by atoms with E-state index in [0.29, 0.717) is 0 Å². The molecule has 4 aromatic heterocycles. The van der Waals surface area contributed by atoms with Crippen molar-refractivity contribution in [1.82, 2.24) is 0 Å². The molecule has 4 nitrogen and oxygen atoms in total. The van der Waals surface area contributed by atoms with Gasteiger partial charge in [-0.25, -0.2) is 0 Å². The molecule has 0 fully saturated rings. The molecule has 6 heteroatoms. The fourth-order valence-electron chi connectivity index (χ4n) is 15.4. The topological polar surface area (TPSA) is 32.8 Å². The first-order valence-corrected chi connectivity index (χ1v) is 32.8. The van der Waals surface area contributed by atoms with Gasteiger partial charge in [-0.15, -0.1) is 22.7 Å². The van der Waals surface area contributed by atoms with Gasteiger partial charge in [0, 0.05) is 73.3 Å². The van der Waals surface area contributed by atoms with Crippen LogP contribution in [-0.4, -0.2) is 0 Å². The van der Waals surface area contributed by atoms with Gasteiger partial charge in [-0.3, -0.25) is 0 Å². The van der Waals surface area contributed by atoms with Gasteiger partial charge in [0.15, 0.2) is 11.2 Å². The molecule has 89 heavy (non-hydrogen) atoms. The van der Waals surface area contributed by atoms with Crippen molar-refractivity contribution in [2.45, 2.75) is 70.6 Å². The maximum absolute atomic E-state index is 7.12. The van der Waals surface area contributed by atoms with Gasteiger partial charge in [-0.1, -0.05) is 211 Å². The number of furan rings is 2. The highest BCUT2D eigenvalue weighted by Gasteiger charge is 2.51. The summed E-state index contributed by atoms with van der Waals surface area (Å²) in [4.78, 5) is 5.08. The highest BCUT2D eigenvalue weighted by Crippen LogP contribution is 2.65. The van der Waals surface area contributed by atoms with E-state index in [0.717, 1.165) is 90.8 Å². The molecule has 11 aromatic carbocycles. The van der Waals surface area contributed by atoms with Crippen LogP contribution < -0.4 is 9.80 Å². The Bertz CT molecular complexity index is 5290. The first-order valence-electron chi connectivity index (χ1n) is 31.2. The number of para-hydroxylation sites is 4. The van der Waals surface area contributed by atoms with Crippen molar-refractivity contribution in [3.63, 3.8) is 0 Å². The molecule has 0 saturated carbocycles. The molecule has 0 N–H and O–H groups in total. The number of benzene rings is 11. The van der Waals surface area contributed by atoms with Gasteiger partial charge in [0.05, 0.1) is 28.2 Å². The van der Waals surface area contributed by atoms with E-state index in [1.807, 2.05) is 22.7 Å². The van der Waals surface area contributed by atoms with Crippen molar-refractivity contribution in [3.05, 3.63) is 281 Å². The molecule has 15 aromatic rings. The van der Waals surface area contributed by atoms with Crippen molar-refractivity contribution in [2.75, 3.05) is 9.80 Å². The van der Waals surface area contributed by atoms with E-state index >= 15 is 0 Å². The highest BCUT2D eigenvalue weighted by atomic mass is 32.1. The minimum atomic E-state index is -0.788. The van der Waals surface area contributed by atoms with Crippen LogP contribution in [0.15, 0.2) is 245 Å². The van der Waals surface area contributed by atoms with Crippen LogP contribution in [0.1, 0.15) is 98.9 Å². The third-order valence-corrected chi connectivity index (χ3v) is 21.9. The quantitative estimate of drug-likeness (QED) is 0.166. The SMILES string of the molecule is CC(C)(C)c1ccc(N(c2cccc3c2oc2ccccc23)c2cc3c(c4sc5ccccc5c24)C=Cc2c(cc(N(c4ccc(C(C)(C)C)cc4)c4cccc5c4oc4ccccc45)c4c2sc2ccccc24)C32C3=C(C=CCC3)c3ccccc32)cc1. The van der Waals surface area contributed by atoms with Crippen LogP contribution in [0.5, 0.6) is 0 Å². The summed E-state index contributed by atoms with van der Waals surface area (Å²) >= 11 is 3.84. The minimum Gasteiger partial charge on any atom is -0.454 e. The van der Waals surface area contributed by atoms with Gasteiger partial charge in [0.2, 0.25) is 0 Å². The lowest BCUT2D eigenvalue weighted by Crippen LogP contribution is -2.32. The fraction of sp³-hybridized carbons (Fsp3) is 0.133. The maximum Gasteiger partial charge on any atom is 0.159 e. The summed E-state index contributed by atoms with van der Waals surface area (Å²) in [5, 5.41) is 9.31. The first kappa shape index (κ1) is 52.4. The Hall–Kier alpha value is -9.72. The second-order valence-corrected chi connectivity index (χ2v) is 28.7. The number of rotatable bonds is 6. The van der Waals surface area contributed by atoms with Crippen molar-refractivity contribution in [3.8, 4) is 0 Å². The largest absolute Gasteiger partial charge is 0.454 e. The van der Waals surface area contributed by atoms with Gasteiger partial charge in [-0.05, 0) is 152 Å². The predicted molar refractivity (Wildman–Crippen MR) is 381 cm³/mol. The second kappa shape index (κ2) is 19.1. The molecule has 0 atom stereocenters. The molecule has 3 aliphatic rings. The summed E-state index contributed by atoms with van der Waals surface area (Å²) in [6.45, 7) is 13.8. The smallest absolute Gasteiger partial charge is 0.159 e. The van der Waals surface area contributed by atoms with E-state index in [2.05, 4.69) is 294 Å². The van der Waals surface area contributed by atoms with Gasteiger partial charge in [0.25, 0.3) is 0 Å². The van der Waals surface area contributed by atoms with E-state index in [1.54, 1.807) is 0 Å². The Kier molecular flexibility index (Phi) is 11.3. The third-order valence-electron chi connectivity index (χ3n) is 19.5. The molecular weight excluding hydrogens is 1120 g/mol. The van der Waals surface area contributed by atoms with Gasteiger partial charge >= 0.3 is 0 Å². The highest BCUT2D eigenvalue weighted by molar-refractivity contribution is 7.26. The standard InChI is InChI=1S/C83H62N2O2S2/c1-81(2,3)49-37-41-51(42-38-49)84(67-31-19-27-57-55-23-9-15-33-71(55)86-77(57)67)69-47-65-59(79-75(69)61-25-11-17-35-73(61)88-79)45-46-60-66(83(65)63-29-13-7-21-53(63)54-22-8-14-30-64(54)83)48-70(76-62-26-12-18-36-74(62)89-80(60)76)85(52-43-39-50(40-44-52)82(4,5)6)68-32-20-28-58-56-24-10-16-34-72(56)87-78(58)68/h7-13,15-29,31-48H,14,30H2,1-6H3. The summed E-state index contributed by atoms with van der Waals surface area (Å²) in [7, 11) is 0. The van der Waals surface area contributed by atoms with Crippen molar-refractivity contribution in [1.29, 1.82) is 0 Å². The molecule has 0 bridgehead atoms. The lowest BCUT2D eigenvalue weighted by atomic mass is 9.63. The minimum absolute atomic E-state index is 0.0480. The monoisotopic (exact) mass is 1180 g/mol. The lowest BCUT2D eigenvalue weighted by molar-refractivity contribution is 0.590. The average molecular weight is 1180 g/mol. The normalized spacial score (nSPS) is 14.5. The van der Waals surface area contributed by atoms with E-state index in [1.165, 1.54) is 96.0 Å². The van der Waals surface area contributed by atoms with E-state index < -0.39 is 5.41 Å². The van der Waals surface area contributed by atoms with E-state index in [4.69, 9.17) is 8.83 Å². The van der Waals surface area contributed by atoms with E-state index in [9.17, 15) is 0 Å². The summed E-state index contributed by atoms with van der Waals surface area (Å²) in [5.74, 6) is 0. The molecule has 0 saturated heterocycles. The zero-order chi connectivity index (χ0) is 59.7. The maximum atomic E-state index is 7.12. The zero-order valence-electron chi connectivity index (χ0n) is 50.5. The van der Waals surface area contributed by atoms with Gasteiger partial charge in [0.1, 0.15) is 11.2 Å². The summed E-state index contributed by atoms with van der Waals surface area (Å²) in [6.07, 6.45) is 11.7. The van der Waals surface area contributed by atoms with Crippen molar-refractivity contribution >= 4 is 159 Å². The Morgan fingerprint density at radius 2 is 0.843 bits per heavy atom. The summed E-state index contributed by atoms with van der Waals surface area (Å²) < 4.78 is 19.3. The molecule has 4 heterocycles. The zero-order valence-corrected chi connectivity index (χ0v) is 52.2. The molecular formula is C83H62N2O2S2. The average Bonchev–Trinajstić information content (AvgIpc) is 1.57. The molecule has 0 radical (unpaired) electrons. The Labute approximate surface area is 525 Å². The van der Waals surface area contributed by atoms with Crippen LogP contribution in [0.3, 0.4) is 0 Å². The number of hydrogen-bond acceptors (Lipinski definition) is 6. The molecule has 0 aliphatic heterocycles. The molecule has 428 valence electrons. The Morgan fingerprint density at radius 3 is 1.34 bits per heavy atom. The van der Waals surface area contributed by atoms with Crippen LogP contribution in [0, 0.1) is 0 Å². The van der Waals surface area contributed by atoms with Crippen LogP contribution in [0.4, 0.5) is 34.1 Å². The molecule has 0 amide bonds. The number of fused-ring (bicyclic) bond motifs is 22. The fourth-order valence-corrected chi connectivity index (χ4v) is 17.9. The van der Waals surface area contributed by atoms with Crippen molar-refractivity contribution in [2.24, 2.45) is 0 Å². The Balaban J connectivity index is 1.02.